The minimum atomic E-state index is 0.532. The molecule has 2 aliphatic rings. The van der Waals surface area contributed by atoms with Gasteiger partial charge in [0.2, 0.25) is 0 Å². The Hall–Kier alpha value is -0.700. The number of thioether (sulfide) groups is 1. The quantitative estimate of drug-likeness (QED) is 0.619. The summed E-state index contributed by atoms with van der Waals surface area (Å²) >= 11 is 1.96. The largest absolute Gasteiger partial charge is 0.467 e. The van der Waals surface area contributed by atoms with Crippen LogP contribution in [0, 0.1) is 0 Å². The Kier molecular flexibility index (Phi) is 2.51. The molecule has 64 valence electrons. The van der Waals surface area contributed by atoms with E-state index >= 15 is 0 Å². The lowest BCUT2D eigenvalue weighted by Crippen LogP contribution is -2.02. The second-order valence-electron chi connectivity index (χ2n) is 2.78. The maximum absolute atomic E-state index is 5.42. The summed E-state index contributed by atoms with van der Waals surface area (Å²) in [5.41, 5.74) is 0. The molecule has 0 aromatic heterocycles. The lowest BCUT2D eigenvalue weighted by molar-refractivity contribution is 0.336. The summed E-state index contributed by atoms with van der Waals surface area (Å²) in [6.45, 7) is 0. The molecule has 2 rings (SSSR count). The Bertz CT molecular complexity index is 239. The fourth-order valence-electron chi connectivity index (χ4n) is 1.31. The molecule has 0 N–H and O–H groups in total. The lowest BCUT2D eigenvalue weighted by Gasteiger charge is -2.10. The molecule has 1 fully saturated rings. The first kappa shape index (κ1) is 7.92. The predicted octanol–water partition coefficient (Wildman–Crippen LogP) is 2.34. The molecule has 2 heterocycles. The fraction of sp³-hybridized carbons (Fsp3) is 0.444. The van der Waals surface area contributed by atoms with E-state index in [4.69, 9.17) is 4.74 Å². The highest BCUT2D eigenvalue weighted by Crippen LogP contribution is 2.32. The van der Waals surface area contributed by atoms with Gasteiger partial charge in [0.05, 0.1) is 17.7 Å². The van der Waals surface area contributed by atoms with Crippen LogP contribution < -0.4 is 0 Å². The van der Waals surface area contributed by atoms with Gasteiger partial charge >= 0.3 is 0 Å². The molecule has 1 unspecified atom stereocenters. The van der Waals surface area contributed by atoms with Gasteiger partial charge in [-0.1, -0.05) is 0 Å². The predicted molar refractivity (Wildman–Crippen MR) is 52.3 cm³/mol. The maximum Gasteiger partial charge on any atom is 0.134 e. The second-order valence-corrected chi connectivity index (χ2v) is 4.09. The van der Waals surface area contributed by atoms with E-state index in [1.165, 1.54) is 18.6 Å². The van der Waals surface area contributed by atoms with Gasteiger partial charge in [-0.2, -0.15) is 11.8 Å². The normalized spacial score (nSPS) is 28.0. The number of ether oxygens (including phenoxy) is 1. The SMILES string of the molecule is C1=COC(C2CCCS2)=CN=C1. The first-order chi connectivity index (χ1) is 5.97. The third-order valence-corrected chi connectivity index (χ3v) is 3.30. The summed E-state index contributed by atoms with van der Waals surface area (Å²) in [4.78, 5) is 4.08. The van der Waals surface area contributed by atoms with Crippen LogP contribution in [0.1, 0.15) is 12.8 Å². The average molecular weight is 181 g/mol. The highest BCUT2D eigenvalue weighted by atomic mass is 32.2. The van der Waals surface area contributed by atoms with E-state index in [9.17, 15) is 0 Å². The number of aliphatic imine (C=N–C) groups is 1. The summed E-state index contributed by atoms with van der Waals surface area (Å²) in [7, 11) is 0. The topological polar surface area (TPSA) is 21.6 Å². The summed E-state index contributed by atoms with van der Waals surface area (Å²) in [5.74, 6) is 2.25. The zero-order valence-corrected chi connectivity index (χ0v) is 7.59. The zero-order chi connectivity index (χ0) is 8.23. The Labute approximate surface area is 76.4 Å². The van der Waals surface area contributed by atoms with E-state index in [2.05, 4.69) is 4.99 Å². The van der Waals surface area contributed by atoms with Gasteiger partial charge in [0.15, 0.2) is 0 Å². The molecule has 0 radical (unpaired) electrons. The van der Waals surface area contributed by atoms with Crippen molar-refractivity contribution in [2.45, 2.75) is 18.1 Å². The van der Waals surface area contributed by atoms with Crippen molar-refractivity contribution in [2.75, 3.05) is 5.75 Å². The molecule has 0 aliphatic carbocycles. The lowest BCUT2D eigenvalue weighted by atomic mass is 10.2. The first-order valence-electron chi connectivity index (χ1n) is 4.13. The van der Waals surface area contributed by atoms with Crippen molar-refractivity contribution >= 4 is 18.0 Å². The van der Waals surface area contributed by atoms with E-state index in [0.717, 1.165) is 5.76 Å². The van der Waals surface area contributed by atoms with Crippen molar-refractivity contribution in [1.82, 2.24) is 0 Å². The number of rotatable bonds is 1. The van der Waals surface area contributed by atoms with E-state index < -0.39 is 0 Å². The minimum absolute atomic E-state index is 0.532. The van der Waals surface area contributed by atoms with Crippen molar-refractivity contribution in [3.05, 3.63) is 24.3 Å². The molecule has 0 aromatic rings. The van der Waals surface area contributed by atoms with Crippen LogP contribution in [-0.2, 0) is 4.74 Å². The second kappa shape index (κ2) is 3.81. The molecule has 12 heavy (non-hydrogen) atoms. The number of hydrogen-bond acceptors (Lipinski definition) is 3. The van der Waals surface area contributed by atoms with E-state index in [1.54, 1.807) is 12.5 Å². The van der Waals surface area contributed by atoms with Gasteiger partial charge in [-0.3, -0.25) is 4.99 Å². The highest BCUT2D eigenvalue weighted by molar-refractivity contribution is 8.00. The van der Waals surface area contributed by atoms with Gasteiger partial charge in [0.1, 0.15) is 5.76 Å². The summed E-state index contributed by atoms with van der Waals surface area (Å²) in [6, 6.07) is 0. The van der Waals surface area contributed by atoms with Crippen LogP contribution in [0.25, 0.3) is 0 Å². The molecule has 1 atom stereocenters. The summed E-state index contributed by atoms with van der Waals surface area (Å²) in [5, 5.41) is 0.532. The van der Waals surface area contributed by atoms with Crippen molar-refractivity contribution in [1.29, 1.82) is 0 Å². The zero-order valence-electron chi connectivity index (χ0n) is 6.77. The smallest absolute Gasteiger partial charge is 0.134 e. The van der Waals surface area contributed by atoms with Crippen molar-refractivity contribution in [3.8, 4) is 0 Å². The molecule has 0 spiro atoms. The standard InChI is InChI=1S/C9H11NOS/c1-3-9(12-6-1)8-7-10-4-2-5-11-8/h2,4-5,7,9H,1,3,6H2. The third-order valence-electron chi connectivity index (χ3n) is 1.90. The van der Waals surface area contributed by atoms with Crippen LogP contribution in [-0.4, -0.2) is 17.2 Å². The highest BCUT2D eigenvalue weighted by Gasteiger charge is 2.21. The van der Waals surface area contributed by atoms with E-state index in [-0.39, 0.29) is 0 Å². The molecule has 2 aliphatic heterocycles. The van der Waals surface area contributed by atoms with E-state index in [1.807, 2.05) is 24.0 Å². The van der Waals surface area contributed by atoms with Crippen LogP contribution in [0.5, 0.6) is 0 Å². The van der Waals surface area contributed by atoms with Crippen molar-refractivity contribution < 1.29 is 4.74 Å². The number of nitrogens with zero attached hydrogens (tertiary/aromatic N) is 1. The molecule has 0 bridgehead atoms. The van der Waals surface area contributed by atoms with Crippen LogP contribution in [0.15, 0.2) is 29.3 Å². The van der Waals surface area contributed by atoms with Crippen molar-refractivity contribution in [2.24, 2.45) is 4.99 Å². The minimum Gasteiger partial charge on any atom is -0.467 e. The van der Waals surface area contributed by atoms with Crippen LogP contribution in [0.4, 0.5) is 0 Å². The Balaban J connectivity index is 2.06. The monoisotopic (exact) mass is 181 g/mol. The van der Waals surface area contributed by atoms with Crippen LogP contribution >= 0.6 is 11.8 Å². The molecule has 1 saturated heterocycles. The Morgan fingerprint density at radius 1 is 1.58 bits per heavy atom. The van der Waals surface area contributed by atoms with Gasteiger partial charge in [-0.15, -0.1) is 0 Å². The average Bonchev–Trinajstić information content (AvgIpc) is 2.48. The van der Waals surface area contributed by atoms with Gasteiger partial charge < -0.3 is 4.74 Å². The van der Waals surface area contributed by atoms with Gasteiger partial charge in [0.25, 0.3) is 0 Å². The molecule has 3 heteroatoms. The molecule has 2 nitrogen and oxygen atoms in total. The van der Waals surface area contributed by atoms with Crippen LogP contribution in [0.2, 0.25) is 0 Å². The summed E-state index contributed by atoms with van der Waals surface area (Å²) < 4.78 is 5.42. The van der Waals surface area contributed by atoms with Crippen LogP contribution in [0.3, 0.4) is 0 Å². The van der Waals surface area contributed by atoms with E-state index in [0.29, 0.717) is 5.25 Å². The van der Waals surface area contributed by atoms with Gasteiger partial charge in [0, 0.05) is 6.21 Å². The van der Waals surface area contributed by atoms with Gasteiger partial charge in [-0.05, 0) is 24.7 Å². The number of allylic oxidation sites excluding steroid dienone is 1. The van der Waals surface area contributed by atoms with Gasteiger partial charge in [-0.25, -0.2) is 0 Å². The molecular weight excluding hydrogens is 170 g/mol. The summed E-state index contributed by atoms with van der Waals surface area (Å²) in [6.07, 6.45) is 9.59. The molecular formula is C9H11NOS. The first-order valence-corrected chi connectivity index (χ1v) is 5.18. The third kappa shape index (κ3) is 1.72. The molecule has 0 aromatic carbocycles. The van der Waals surface area contributed by atoms with Crippen molar-refractivity contribution in [3.63, 3.8) is 0 Å². The molecule has 0 amide bonds. The Morgan fingerprint density at radius 2 is 2.58 bits per heavy atom. The fourth-order valence-corrected chi connectivity index (χ4v) is 2.54. The molecule has 0 saturated carbocycles. The maximum atomic E-state index is 5.42. The number of hydrogen-bond donors (Lipinski definition) is 0. The Morgan fingerprint density at radius 3 is 3.42 bits per heavy atom.